The molecule has 0 aliphatic carbocycles. The molecule has 3 nitrogen and oxygen atoms in total. The van der Waals surface area contributed by atoms with Gasteiger partial charge in [-0.3, -0.25) is 0 Å². The lowest BCUT2D eigenvalue weighted by atomic mass is 10.4. The molecule has 0 amide bonds. The molecule has 86 valence electrons. The fourth-order valence-corrected chi connectivity index (χ4v) is 0.861. The van der Waals surface area contributed by atoms with E-state index in [1.165, 1.54) is 6.26 Å². The number of aliphatic hydroxyl groups is 1. The van der Waals surface area contributed by atoms with Crippen LogP contribution in [0.4, 0.5) is 0 Å². The van der Waals surface area contributed by atoms with Crippen LogP contribution in [0.15, 0.2) is 12.0 Å². The molecule has 0 atom stereocenters. The molecule has 1 N–H and O–H groups in total. The van der Waals surface area contributed by atoms with Gasteiger partial charge < -0.3 is 26.7 Å². The molecular formula is C10H22ClNO2. The van der Waals surface area contributed by atoms with Crippen LogP contribution in [0.25, 0.3) is 0 Å². The molecule has 0 heterocycles. The highest BCUT2D eigenvalue weighted by Crippen LogP contribution is 1.97. The number of halogens is 1. The first kappa shape index (κ1) is 16.0. The van der Waals surface area contributed by atoms with Gasteiger partial charge in [-0.2, -0.15) is 0 Å². The Labute approximate surface area is 93.4 Å². The Kier molecular flexibility index (Phi) is 9.10. The Morgan fingerprint density at radius 3 is 2.36 bits per heavy atom. The topological polar surface area (TPSA) is 29.5 Å². The molecule has 0 unspecified atom stereocenters. The first-order valence-corrected chi connectivity index (χ1v) is 4.76. The van der Waals surface area contributed by atoms with Crippen LogP contribution in [0.5, 0.6) is 0 Å². The van der Waals surface area contributed by atoms with Gasteiger partial charge in [0.15, 0.2) is 0 Å². The second-order valence-corrected chi connectivity index (χ2v) is 4.20. The van der Waals surface area contributed by atoms with Gasteiger partial charge in [0.05, 0.1) is 34.3 Å². The fourth-order valence-electron chi connectivity index (χ4n) is 0.861. The minimum Gasteiger partial charge on any atom is -1.00 e. The highest BCUT2D eigenvalue weighted by Gasteiger charge is 2.04. The largest absolute Gasteiger partial charge is 1.00 e. The molecule has 0 spiro atoms. The van der Waals surface area contributed by atoms with Gasteiger partial charge in [-0.05, 0) is 0 Å². The van der Waals surface area contributed by atoms with E-state index in [0.717, 1.165) is 17.4 Å². The van der Waals surface area contributed by atoms with Crippen molar-refractivity contribution in [3.63, 3.8) is 0 Å². The van der Waals surface area contributed by atoms with Gasteiger partial charge in [-0.1, -0.05) is 6.92 Å². The van der Waals surface area contributed by atoms with Gasteiger partial charge in [-0.15, -0.1) is 0 Å². The Bertz CT molecular complexity index is 164. The number of ether oxygens (including phenoxy) is 1. The monoisotopic (exact) mass is 223 g/mol. The van der Waals surface area contributed by atoms with Crippen LogP contribution in [0, 0.1) is 0 Å². The van der Waals surface area contributed by atoms with E-state index in [2.05, 4.69) is 21.1 Å². The van der Waals surface area contributed by atoms with Gasteiger partial charge in [-0.25, -0.2) is 0 Å². The minimum atomic E-state index is 0. The summed E-state index contributed by atoms with van der Waals surface area (Å²) in [5.41, 5.74) is 0. The summed E-state index contributed by atoms with van der Waals surface area (Å²) in [7, 11) is 6.46. The third-order valence-corrected chi connectivity index (χ3v) is 1.67. The molecule has 0 radical (unpaired) electrons. The van der Waals surface area contributed by atoms with Crippen molar-refractivity contribution in [2.75, 3.05) is 34.3 Å². The minimum absolute atomic E-state index is 0. The van der Waals surface area contributed by atoms with Gasteiger partial charge in [0.1, 0.15) is 12.0 Å². The van der Waals surface area contributed by atoms with E-state index in [-0.39, 0.29) is 12.4 Å². The zero-order valence-electron chi connectivity index (χ0n) is 9.59. The molecule has 0 saturated carbocycles. The lowest BCUT2D eigenvalue weighted by Crippen LogP contribution is -3.00. The van der Waals surface area contributed by atoms with E-state index in [9.17, 15) is 0 Å². The summed E-state index contributed by atoms with van der Waals surface area (Å²) >= 11 is 0. The van der Waals surface area contributed by atoms with Crippen molar-refractivity contribution < 1.29 is 26.7 Å². The van der Waals surface area contributed by atoms with Crippen molar-refractivity contribution in [2.45, 2.75) is 19.8 Å². The van der Waals surface area contributed by atoms with Crippen molar-refractivity contribution in [2.24, 2.45) is 0 Å². The van der Waals surface area contributed by atoms with E-state index in [1.54, 1.807) is 0 Å². The predicted molar refractivity (Wildman–Crippen MR) is 54.5 cm³/mol. The summed E-state index contributed by atoms with van der Waals surface area (Å²) in [6.45, 7) is 3.65. The molecule has 14 heavy (non-hydrogen) atoms. The van der Waals surface area contributed by atoms with Gasteiger partial charge in [0.25, 0.3) is 0 Å². The zero-order chi connectivity index (χ0) is 10.3. The van der Waals surface area contributed by atoms with Crippen molar-refractivity contribution >= 4 is 0 Å². The predicted octanol–water partition coefficient (Wildman–Crippen LogP) is -1.09. The molecule has 0 rings (SSSR count). The molecular weight excluding hydrogens is 202 g/mol. The van der Waals surface area contributed by atoms with Crippen LogP contribution in [-0.4, -0.2) is 43.9 Å². The van der Waals surface area contributed by atoms with Crippen molar-refractivity contribution in [1.82, 2.24) is 0 Å². The Morgan fingerprint density at radius 1 is 1.36 bits per heavy atom. The summed E-state index contributed by atoms with van der Waals surface area (Å²) in [5, 5.41) is 9.05. The summed E-state index contributed by atoms with van der Waals surface area (Å²) in [5.74, 6) is 0.310. The van der Waals surface area contributed by atoms with Crippen LogP contribution < -0.4 is 12.4 Å². The molecule has 0 aromatic heterocycles. The van der Waals surface area contributed by atoms with E-state index < -0.39 is 0 Å². The zero-order valence-corrected chi connectivity index (χ0v) is 10.3. The smallest absolute Gasteiger partial charge is 0.126 e. The third-order valence-electron chi connectivity index (χ3n) is 1.67. The first-order chi connectivity index (χ1) is 5.95. The quantitative estimate of drug-likeness (QED) is 0.353. The van der Waals surface area contributed by atoms with Crippen molar-refractivity contribution in [3.05, 3.63) is 12.0 Å². The summed E-state index contributed by atoms with van der Waals surface area (Å²) in [6, 6.07) is 0. The summed E-state index contributed by atoms with van der Waals surface area (Å²) in [4.78, 5) is 0. The Morgan fingerprint density at radius 2 is 1.93 bits per heavy atom. The number of rotatable bonds is 6. The third kappa shape index (κ3) is 11.6. The molecule has 0 bridgehead atoms. The van der Waals surface area contributed by atoms with Gasteiger partial charge in [0, 0.05) is 12.8 Å². The van der Waals surface area contributed by atoms with Crippen LogP contribution >= 0.6 is 0 Å². The summed E-state index contributed by atoms with van der Waals surface area (Å²) in [6.07, 6.45) is 3.09. The number of aliphatic hydroxyl groups excluding tert-OH is 1. The average Bonchev–Trinajstić information content (AvgIpc) is 2.01. The molecule has 0 aromatic carbocycles. The van der Waals surface area contributed by atoms with Crippen molar-refractivity contribution in [1.29, 1.82) is 0 Å². The van der Waals surface area contributed by atoms with Gasteiger partial charge in [0.2, 0.25) is 0 Å². The van der Waals surface area contributed by atoms with E-state index in [1.807, 2.05) is 6.92 Å². The van der Waals surface area contributed by atoms with Crippen LogP contribution in [0.3, 0.4) is 0 Å². The fraction of sp³-hybridized carbons (Fsp3) is 0.800. The van der Waals surface area contributed by atoms with E-state index in [4.69, 9.17) is 9.84 Å². The molecule has 0 aliphatic heterocycles. The van der Waals surface area contributed by atoms with Crippen molar-refractivity contribution in [3.8, 4) is 0 Å². The number of quaternary nitrogens is 1. The number of hydrogen-bond donors (Lipinski definition) is 1. The molecule has 0 saturated heterocycles. The summed E-state index contributed by atoms with van der Waals surface area (Å²) < 4.78 is 6.11. The molecule has 0 aromatic rings. The van der Waals surface area contributed by atoms with Crippen LogP contribution in [0.1, 0.15) is 19.8 Å². The van der Waals surface area contributed by atoms with E-state index in [0.29, 0.717) is 18.8 Å². The number of nitrogens with zero attached hydrogens (tertiary/aromatic N) is 1. The second-order valence-electron chi connectivity index (χ2n) is 4.20. The maximum atomic E-state index is 9.05. The first-order valence-electron chi connectivity index (χ1n) is 4.76. The maximum absolute atomic E-state index is 9.05. The molecule has 0 aliphatic rings. The van der Waals surface area contributed by atoms with E-state index >= 15 is 0 Å². The molecule has 4 heteroatoms. The highest BCUT2D eigenvalue weighted by atomic mass is 35.5. The number of allylic oxidation sites excluding steroid dienone is 1. The molecule has 0 fully saturated rings. The SMILES string of the molecule is CCC(O)=COCCC[N+](C)(C)C.[Cl-]. The lowest BCUT2D eigenvalue weighted by Gasteiger charge is -2.23. The highest BCUT2D eigenvalue weighted by molar-refractivity contribution is 4.81. The Hall–Kier alpha value is -0.410. The van der Waals surface area contributed by atoms with Crippen LogP contribution in [-0.2, 0) is 4.74 Å². The standard InChI is InChI=1S/C10H21NO2.ClH/c1-5-10(12)9-13-8-6-7-11(2,3)4;/h9H,5-8H2,1-4H3;1H. The van der Waals surface area contributed by atoms with Crippen LogP contribution in [0.2, 0.25) is 0 Å². The van der Waals surface area contributed by atoms with Gasteiger partial charge >= 0.3 is 0 Å². The second kappa shape index (κ2) is 7.94. The normalized spacial score (nSPS) is 12.1. The number of hydrogen-bond acceptors (Lipinski definition) is 2. The lowest BCUT2D eigenvalue weighted by molar-refractivity contribution is -0.870. The Balaban J connectivity index is 0. The maximum Gasteiger partial charge on any atom is 0.126 e. The average molecular weight is 224 g/mol.